The van der Waals surface area contributed by atoms with Crippen LogP contribution in [0, 0.1) is 6.92 Å². The quantitative estimate of drug-likeness (QED) is 0.773. The zero-order chi connectivity index (χ0) is 11.5. The molecule has 0 saturated carbocycles. The Labute approximate surface area is 93.2 Å². The van der Waals surface area contributed by atoms with Crippen molar-refractivity contribution < 1.29 is 4.79 Å². The first-order valence-corrected chi connectivity index (χ1v) is 4.85. The molecule has 2 aromatic rings. The minimum atomic E-state index is 0.419. The second-order valence-corrected chi connectivity index (χ2v) is 3.51. The Morgan fingerprint density at radius 3 is 2.62 bits per heavy atom. The van der Waals surface area contributed by atoms with Gasteiger partial charge in [0.25, 0.3) is 0 Å². The lowest BCUT2D eigenvalue weighted by molar-refractivity contribution is 0.111. The first-order chi connectivity index (χ1) is 7.69. The molecule has 0 aliphatic rings. The van der Waals surface area contributed by atoms with Crippen molar-refractivity contribution >= 4 is 12.1 Å². The van der Waals surface area contributed by atoms with E-state index in [0.717, 1.165) is 23.1 Å². The standard InChI is InChI=1S/C12H11N3O/c1-8-4-10(5-12(13)15-8)9-2-3-11(7-16)14-6-9/h2-7H,1H3,(H2,13,15). The molecule has 0 radical (unpaired) electrons. The van der Waals surface area contributed by atoms with E-state index < -0.39 is 0 Å². The van der Waals surface area contributed by atoms with Gasteiger partial charge in [0.1, 0.15) is 11.5 Å². The molecular weight excluding hydrogens is 202 g/mol. The Kier molecular flexibility index (Phi) is 2.64. The number of rotatable bonds is 2. The molecule has 2 heterocycles. The highest BCUT2D eigenvalue weighted by Gasteiger charge is 2.01. The zero-order valence-corrected chi connectivity index (χ0v) is 8.84. The van der Waals surface area contributed by atoms with Crippen LogP contribution in [0.1, 0.15) is 16.2 Å². The Morgan fingerprint density at radius 2 is 2.06 bits per heavy atom. The summed E-state index contributed by atoms with van der Waals surface area (Å²) in [6.45, 7) is 1.88. The van der Waals surface area contributed by atoms with Gasteiger partial charge in [0.2, 0.25) is 0 Å². The normalized spacial score (nSPS) is 10.1. The number of aldehydes is 1. The number of anilines is 1. The number of carbonyl (C=O) groups is 1. The predicted molar refractivity (Wildman–Crippen MR) is 62.0 cm³/mol. The molecule has 0 aliphatic carbocycles. The Balaban J connectivity index is 2.45. The third-order valence-corrected chi connectivity index (χ3v) is 2.21. The van der Waals surface area contributed by atoms with Crippen LogP contribution in [0.5, 0.6) is 0 Å². The van der Waals surface area contributed by atoms with Gasteiger partial charge in [-0.2, -0.15) is 0 Å². The molecule has 0 bridgehead atoms. The zero-order valence-electron chi connectivity index (χ0n) is 8.84. The number of carbonyl (C=O) groups excluding carboxylic acids is 1. The molecule has 0 amide bonds. The van der Waals surface area contributed by atoms with Crippen LogP contribution in [0.3, 0.4) is 0 Å². The molecule has 0 atom stereocenters. The van der Waals surface area contributed by atoms with Crippen molar-refractivity contribution in [3.8, 4) is 11.1 Å². The molecule has 2 N–H and O–H groups in total. The average Bonchev–Trinajstić information content (AvgIpc) is 2.28. The second kappa shape index (κ2) is 4.10. The fourth-order valence-electron chi connectivity index (χ4n) is 1.51. The summed E-state index contributed by atoms with van der Waals surface area (Å²) < 4.78 is 0. The van der Waals surface area contributed by atoms with Gasteiger partial charge in [-0.15, -0.1) is 0 Å². The molecule has 0 spiro atoms. The second-order valence-electron chi connectivity index (χ2n) is 3.51. The summed E-state index contributed by atoms with van der Waals surface area (Å²) in [6.07, 6.45) is 2.37. The van der Waals surface area contributed by atoms with Crippen molar-refractivity contribution in [1.82, 2.24) is 9.97 Å². The molecule has 4 heteroatoms. The lowest BCUT2D eigenvalue weighted by Crippen LogP contribution is -1.94. The van der Waals surface area contributed by atoms with E-state index in [-0.39, 0.29) is 0 Å². The number of hydrogen-bond acceptors (Lipinski definition) is 4. The summed E-state index contributed by atoms with van der Waals surface area (Å²) in [7, 11) is 0. The predicted octanol–water partition coefficient (Wildman–Crippen LogP) is 1.85. The van der Waals surface area contributed by atoms with Gasteiger partial charge in [0.15, 0.2) is 6.29 Å². The molecule has 0 aliphatic heterocycles. The molecule has 80 valence electrons. The third kappa shape index (κ3) is 2.06. The molecule has 0 unspecified atom stereocenters. The van der Waals surface area contributed by atoms with Gasteiger partial charge >= 0.3 is 0 Å². The molecule has 0 saturated heterocycles. The summed E-state index contributed by atoms with van der Waals surface area (Å²) in [5.41, 5.74) is 8.81. The van der Waals surface area contributed by atoms with E-state index in [9.17, 15) is 4.79 Å². The van der Waals surface area contributed by atoms with Gasteiger partial charge in [0, 0.05) is 17.5 Å². The fourth-order valence-corrected chi connectivity index (χ4v) is 1.51. The summed E-state index contributed by atoms with van der Waals surface area (Å²) in [5.74, 6) is 0.481. The highest BCUT2D eigenvalue weighted by atomic mass is 16.1. The minimum Gasteiger partial charge on any atom is -0.384 e. The van der Waals surface area contributed by atoms with Crippen LogP contribution in [-0.4, -0.2) is 16.3 Å². The first kappa shape index (κ1) is 10.3. The van der Waals surface area contributed by atoms with Crippen LogP contribution < -0.4 is 5.73 Å². The van der Waals surface area contributed by atoms with Crippen LogP contribution in [-0.2, 0) is 0 Å². The number of hydrogen-bond donors (Lipinski definition) is 1. The highest BCUT2D eigenvalue weighted by Crippen LogP contribution is 2.20. The maximum absolute atomic E-state index is 10.5. The number of pyridine rings is 2. The van der Waals surface area contributed by atoms with Gasteiger partial charge in [-0.05, 0) is 30.7 Å². The monoisotopic (exact) mass is 213 g/mol. The maximum Gasteiger partial charge on any atom is 0.168 e. The number of nitrogens with two attached hydrogens (primary N) is 1. The van der Waals surface area contributed by atoms with Crippen molar-refractivity contribution in [1.29, 1.82) is 0 Å². The largest absolute Gasteiger partial charge is 0.384 e. The van der Waals surface area contributed by atoms with E-state index in [1.165, 1.54) is 0 Å². The molecular formula is C12H11N3O. The van der Waals surface area contributed by atoms with E-state index in [1.54, 1.807) is 18.3 Å². The summed E-state index contributed by atoms with van der Waals surface area (Å²) in [4.78, 5) is 18.6. The van der Waals surface area contributed by atoms with E-state index in [4.69, 9.17) is 5.73 Å². The smallest absolute Gasteiger partial charge is 0.168 e. The van der Waals surface area contributed by atoms with Gasteiger partial charge in [-0.1, -0.05) is 6.07 Å². The molecule has 16 heavy (non-hydrogen) atoms. The minimum absolute atomic E-state index is 0.419. The van der Waals surface area contributed by atoms with E-state index >= 15 is 0 Å². The van der Waals surface area contributed by atoms with Crippen molar-refractivity contribution in [3.05, 3.63) is 41.9 Å². The number of nitrogen functional groups attached to an aromatic ring is 1. The van der Waals surface area contributed by atoms with E-state index in [1.807, 2.05) is 19.1 Å². The van der Waals surface area contributed by atoms with Crippen LogP contribution in [0.25, 0.3) is 11.1 Å². The van der Waals surface area contributed by atoms with Gasteiger partial charge < -0.3 is 5.73 Å². The number of nitrogens with zero attached hydrogens (tertiary/aromatic N) is 2. The number of aryl methyl sites for hydroxylation is 1. The Morgan fingerprint density at radius 1 is 1.25 bits per heavy atom. The van der Waals surface area contributed by atoms with Gasteiger partial charge in [0.05, 0.1) is 0 Å². The summed E-state index contributed by atoms with van der Waals surface area (Å²) >= 11 is 0. The van der Waals surface area contributed by atoms with Crippen LogP contribution in [0.2, 0.25) is 0 Å². The van der Waals surface area contributed by atoms with E-state index in [0.29, 0.717) is 11.5 Å². The van der Waals surface area contributed by atoms with Gasteiger partial charge in [-0.3, -0.25) is 9.78 Å². The SMILES string of the molecule is Cc1cc(-c2ccc(C=O)nc2)cc(N)n1. The lowest BCUT2D eigenvalue weighted by Gasteiger charge is -2.04. The topological polar surface area (TPSA) is 68.9 Å². The van der Waals surface area contributed by atoms with Crippen molar-refractivity contribution in [3.63, 3.8) is 0 Å². The molecule has 2 rings (SSSR count). The molecule has 2 aromatic heterocycles. The number of aromatic nitrogens is 2. The van der Waals surface area contributed by atoms with Crippen molar-refractivity contribution in [2.75, 3.05) is 5.73 Å². The lowest BCUT2D eigenvalue weighted by atomic mass is 10.1. The fraction of sp³-hybridized carbons (Fsp3) is 0.0833. The Bertz CT molecular complexity index is 500. The highest BCUT2D eigenvalue weighted by molar-refractivity contribution is 5.74. The third-order valence-electron chi connectivity index (χ3n) is 2.21. The summed E-state index contributed by atoms with van der Waals surface area (Å²) in [5, 5.41) is 0. The van der Waals surface area contributed by atoms with Gasteiger partial charge in [-0.25, -0.2) is 4.98 Å². The van der Waals surface area contributed by atoms with Crippen molar-refractivity contribution in [2.45, 2.75) is 6.92 Å². The van der Waals surface area contributed by atoms with Crippen LogP contribution in [0.15, 0.2) is 30.5 Å². The van der Waals surface area contributed by atoms with Crippen molar-refractivity contribution in [2.24, 2.45) is 0 Å². The summed E-state index contributed by atoms with van der Waals surface area (Å²) in [6, 6.07) is 7.22. The van der Waals surface area contributed by atoms with Crippen LogP contribution >= 0.6 is 0 Å². The molecule has 0 fully saturated rings. The van der Waals surface area contributed by atoms with E-state index in [2.05, 4.69) is 9.97 Å². The first-order valence-electron chi connectivity index (χ1n) is 4.85. The average molecular weight is 213 g/mol. The maximum atomic E-state index is 10.5. The van der Waals surface area contributed by atoms with Crippen LogP contribution in [0.4, 0.5) is 5.82 Å². The Hall–Kier alpha value is -2.23. The molecule has 0 aromatic carbocycles. The molecule has 4 nitrogen and oxygen atoms in total.